The van der Waals surface area contributed by atoms with Crippen molar-refractivity contribution in [1.29, 1.82) is 0 Å². The summed E-state index contributed by atoms with van der Waals surface area (Å²) in [5.41, 5.74) is 6.72. The topological polar surface area (TPSA) is 47.1 Å². The summed E-state index contributed by atoms with van der Waals surface area (Å²) in [5, 5.41) is 4.40. The highest BCUT2D eigenvalue weighted by Crippen LogP contribution is 2.35. The first kappa shape index (κ1) is 8.44. The Hall–Kier alpha value is -0.870. The van der Waals surface area contributed by atoms with E-state index in [4.69, 9.17) is 5.73 Å². The number of aromatic nitrogens is 2. The van der Waals surface area contributed by atoms with Crippen molar-refractivity contribution in [3.63, 3.8) is 0 Å². The Morgan fingerprint density at radius 1 is 1.50 bits per heavy atom. The van der Waals surface area contributed by atoms with Crippen molar-refractivity contribution < 1.29 is 0 Å². The van der Waals surface area contributed by atoms with Crippen LogP contribution in [-0.2, 0) is 6.54 Å². The molecule has 2 unspecified atom stereocenters. The molecular formula is C10H16N4. The van der Waals surface area contributed by atoms with Crippen molar-refractivity contribution in [2.24, 2.45) is 11.7 Å². The number of hydrogen-bond donors (Lipinski definition) is 1. The van der Waals surface area contributed by atoms with Gasteiger partial charge < -0.3 is 10.6 Å². The van der Waals surface area contributed by atoms with E-state index in [1.165, 1.54) is 26.1 Å². The summed E-state index contributed by atoms with van der Waals surface area (Å²) < 4.78 is 2.12. The first-order valence-corrected chi connectivity index (χ1v) is 5.32. The van der Waals surface area contributed by atoms with Gasteiger partial charge in [0.15, 0.2) is 0 Å². The Morgan fingerprint density at radius 3 is 3.00 bits per heavy atom. The molecule has 1 aromatic heterocycles. The molecule has 0 spiro atoms. The third-order valence-corrected chi connectivity index (χ3v) is 3.53. The fourth-order valence-electron chi connectivity index (χ4n) is 2.72. The lowest BCUT2D eigenvalue weighted by molar-refractivity contribution is 0.285. The van der Waals surface area contributed by atoms with Crippen molar-refractivity contribution in [3.05, 3.63) is 18.0 Å². The summed E-state index contributed by atoms with van der Waals surface area (Å²) in [6, 6.07) is 0.601. The van der Waals surface area contributed by atoms with E-state index in [0.29, 0.717) is 12.6 Å². The van der Waals surface area contributed by atoms with Gasteiger partial charge in [0.1, 0.15) is 0 Å². The molecule has 3 atom stereocenters. The van der Waals surface area contributed by atoms with Gasteiger partial charge in [-0.3, -0.25) is 4.68 Å². The number of piperidine rings is 1. The SMILES string of the molecule is NCc1cnn(C2CN3CC[C@H]2C3)c1. The molecule has 2 aliphatic heterocycles. The van der Waals surface area contributed by atoms with E-state index in [1.54, 1.807) is 0 Å². The zero-order valence-electron chi connectivity index (χ0n) is 8.26. The summed E-state index contributed by atoms with van der Waals surface area (Å²) in [6.45, 7) is 4.33. The van der Waals surface area contributed by atoms with Gasteiger partial charge in [-0.15, -0.1) is 0 Å². The van der Waals surface area contributed by atoms with E-state index < -0.39 is 0 Å². The van der Waals surface area contributed by atoms with E-state index in [-0.39, 0.29) is 0 Å². The van der Waals surface area contributed by atoms with Gasteiger partial charge in [0.2, 0.25) is 0 Å². The molecular weight excluding hydrogens is 176 g/mol. The molecule has 0 radical (unpaired) electrons. The molecule has 2 fully saturated rings. The van der Waals surface area contributed by atoms with Crippen molar-refractivity contribution in [2.45, 2.75) is 19.0 Å². The average Bonchev–Trinajstić information content (AvgIpc) is 2.93. The van der Waals surface area contributed by atoms with E-state index in [1.807, 2.05) is 6.20 Å². The van der Waals surface area contributed by atoms with Crippen LogP contribution < -0.4 is 5.73 Å². The number of nitrogens with two attached hydrogens (primary N) is 1. The molecule has 0 amide bonds. The van der Waals surface area contributed by atoms with Crippen LogP contribution >= 0.6 is 0 Å². The van der Waals surface area contributed by atoms with Gasteiger partial charge in [-0.05, 0) is 18.9 Å². The monoisotopic (exact) mass is 192 g/mol. The lowest BCUT2D eigenvalue weighted by Gasteiger charge is -2.22. The van der Waals surface area contributed by atoms with E-state index >= 15 is 0 Å². The molecule has 2 N–H and O–H groups in total. The molecule has 1 aromatic rings. The molecule has 76 valence electrons. The smallest absolute Gasteiger partial charge is 0.0686 e. The van der Waals surface area contributed by atoms with Crippen LogP contribution in [0.3, 0.4) is 0 Å². The third kappa shape index (κ3) is 1.18. The molecule has 0 aromatic carbocycles. The van der Waals surface area contributed by atoms with Crippen LogP contribution in [0.2, 0.25) is 0 Å². The maximum Gasteiger partial charge on any atom is 0.0686 e. The highest BCUT2D eigenvalue weighted by molar-refractivity contribution is 5.05. The lowest BCUT2D eigenvalue weighted by Crippen LogP contribution is -2.26. The average molecular weight is 192 g/mol. The molecule has 2 bridgehead atoms. The second-order valence-corrected chi connectivity index (χ2v) is 4.41. The highest BCUT2D eigenvalue weighted by Gasteiger charge is 2.39. The zero-order chi connectivity index (χ0) is 9.54. The van der Waals surface area contributed by atoms with Crippen molar-refractivity contribution >= 4 is 0 Å². The van der Waals surface area contributed by atoms with Crippen molar-refractivity contribution in [2.75, 3.05) is 19.6 Å². The molecule has 4 nitrogen and oxygen atoms in total. The molecule has 4 heteroatoms. The Labute approximate surface area is 83.7 Å². The summed E-state index contributed by atoms with van der Waals surface area (Å²) >= 11 is 0. The van der Waals surface area contributed by atoms with E-state index in [0.717, 1.165) is 11.5 Å². The minimum absolute atomic E-state index is 0.598. The molecule has 3 heterocycles. The fourth-order valence-corrected chi connectivity index (χ4v) is 2.72. The van der Waals surface area contributed by atoms with Gasteiger partial charge in [-0.25, -0.2) is 0 Å². The van der Waals surface area contributed by atoms with Crippen LogP contribution in [0.25, 0.3) is 0 Å². The molecule has 14 heavy (non-hydrogen) atoms. The van der Waals surface area contributed by atoms with Gasteiger partial charge in [-0.2, -0.15) is 5.10 Å². The van der Waals surface area contributed by atoms with Gasteiger partial charge in [0.05, 0.1) is 12.2 Å². The number of rotatable bonds is 2. The second-order valence-electron chi connectivity index (χ2n) is 4.41. The molecule has 2 aliphatic rings. The van der Waals surface area contributed by atoms with Crippen molar-refractivity contribution in [3.8, 4) is 0 Å². The summed E-state index contributed by atoms with van der Waals surface area (Å²) in [4.78, 5) is 2.53. The van der Waals surface area contributed by atoms with Crippen LogP contribution in [0.4, 0.5) is 0 Å². The van der Waals surface area contributed by atoms with Crippen LogP contribution in [0.1, 0.15) is 18.0 Å². The maximum absolute atomic E-state index is 5.57. The van der Waals surface area contributed by atoms with Crippen LogP contribution in [0.5, 0.6) is 0 Å². The molecule has 0 aliphatic carbocycles. The highest BCUT2D eigenvalue weighted by atomic mass is 15.3. The normalized spacial score (nSPS) is 35.4. The second kappa shape index (κ2) is 3.07. The quantitative estimate of drug-likeness (QED) is 0.729. The molecule has 2 saturated heterocycles. The van der Waals surface area contributed by atoms with Gasteiger partial charge >= 0.3 is 0 Å². The predicted molar refractivity (Wildman–Crippen MR) is 53.7 cm³/mol. The van der Waals surface area contributed by atoms with Gasteiger partial charge in [-0.1, -0.05) is 0 Å². The first-order valence-electron chi connectivity index (χ1n) is 5.32. The van der Waals surface area contributed by atoms with Crippen LogP contribution in [-0.4, -0.2) is 34.3 Å². The van der Waals surface area contributed by atoms with Crippen LogP contribution in [0, 0.1) is 5.92 Å². The minimum Gasteiger partial charge on any atom is -0.326 e. The van der Waals surface area contributed by atoms with Crippen molar-refractivity contribution in [1.82, 2.24) is 14.7 Å². The Morgan fingerprint density at radius 2 is 2.43 bits per heavy atom. The summed E-state index contributed by atoms with van der Waals surface area (Å²) in [5.74, 6) is 0.820. The molecule has 0 saturated carbocycles. The zero-order valence-corrected chi connectivity index (χ0v) is 8.26. The molecule has 3 rings (SSSR count). The summed E-state index contributed by atoms with van der Waals surface area (Å²) in [6.07, 6.45) is 5.33. The largest absolute Gasteiger partial charge is 0.326 e. The standard InChI is InChI=1S/C10H16N4/c11-3-8-4-12-14(5-8)10-7-13-2-1-9(10)6-13/h4-5,9-10H,1-3,6-7,11H2/t9-,10?/m0/s1. The first-order chi connectivity index (χ1) is 6.86. The number of fused-ring (bicyclic) bond motifs is 2. The third-order valence-electron chi connectivity index (χ3n) is 3.53. The van der Waals surface area contributed by atoms with Crippen LogP contribution in [0.15, 0.2) is 12.4 Å². The predicted octanol–water partition coefficient (Wildman–Crippen LogP) is 0.218. The number of hydrogen-bond acceptors (Lipinski definition) is 3. The lowest BCUT2D eigenvalue weighted by atomic mass is 10.0. The maximum atomic E-state index is 5.57. The number of nitrogens with zero attached hydrogens (tertiary/aromatic N) is 3. The van der Waals surface area contributed by atoms with E-state index in [2.05, 4.69) is 20.9 Å². The van der Waals surface area contributed by atoms with Gasteiger partial charge in [0, 0.05) is 31.4 Å². The summed E-state index contributed by atoms with van der Waals surface area (Å²) in [7, 11) is 0. The fraction of sp³-hybridized carbons (Fsp3) is 0.700. The Bertz CT molecular complexity index is 333. The minimum atomic E-state index is 0.598. The Kier molecular flexibility index (Phi) is 1.85. The van der Waals surface area contributed by atoms with Gasteiger partial charge in [0.25, 0.3) is 0 Å². The van der Waals surface area contributed by atoms with E-state index in [9.17, 15) is 0 Å². The Balaban J connectivity index is 1.82.